The summed E-state index contributed by atoms with van der Waals surface area (Å²) in [6.45, 7) is 6.01. The summed E-state index contributed by atoms with van der Waals surface area (Å²) >= 11 is 0. The van der Waals surface area contributed by atoms with Gasteiger partial charge in [-0.1, -0.05) is 6.92 Å². The summed E-state index contributed by atoms with van der Waals surface area (Å²) in [7, 11) is 0. The smallest absolute Gasteiger partial charge is 0.242 e. The molecule has 7 heteroatoms. The molecular weight excluding hydrogens is 298 g/mol. The Kier molecular flexibility index (Phi) is 8.04. The van der Waals surface area contributed by atoms with Crippen molar-refractivity contribution in [1.82, 2.24) is 16.0 Å². The van der Waals surface area contributed by atoms with E-state index >= 15 is 0 Å². The maximum Gasteiger partial charge on any atom is 0.242 e. The van der Waals surface area contributed by atoms with Crippen LogP contribution in [0.5, 0.6) is 0 Å². The van der Waals surface area contributed by atoms with Gasteiger partial charge in [0.15, 0.2) is 0 Å². The lowest BCUT2D eigenvalue weighted by molar-refractivity contribution is -0.128. The van der Waals surface area contributed by atoms with Gasteiger partial charge in [0.05, 0.1) is 12.3 Å². The zero-order chi connectivity index (χ0) is 17.2. The predicted octanol–water partition coefficient (Wildman–Crippen LogP) is 0.256. The van der Waals surface area contributed by atoms with E-state index in [1.807, 2.05) is 12.1 Å². The van der Waals surface area contributed by atoms with Crippen LogP contribution in [0.4, 0.5) is 0 Å². The highest BCUT2D eigenvalue weighted by molar-refractivity contribution is 5.88. The summed E-state index contributed by atoms with van der Waals surface area (Å²) < 4.78 is 5.29. The maximum atomic E-state index is 11.8. The van der Waals surface area contributed by atoms with Crippen LogP contribution in [0.2, 0.25) is 0 Å². The molecule has 2 amide bonds. The van der Waals surface area contributed by atoms with Crippen LogP contribution in [0, 0.1) is 5.92 Å². The Morgan fingerprint density at radius 1 is 1.26 bits per heavy atom. The van der Waals surface area contributed by atoms with Gasteiger partial charge in [-0.3, -0.25) is 9.59 Å². The molecule has 3 unspecified atom stereocenters. The van der Waals surface area contributed by atoms with Gasteiger partial charge >= 0.3 is 0 Å². The molecule has 1 heterocycles. The molecule has 128 valence electrons. The van der Waals surface area contributed by atoms with E-state index in [-0.39, 0.29) is 11.8 Å². The number of amides is 2. The Labute approximate surface area is 136 Å². The second-order valence-electron chi connectivity index (χ2n) is 5.72. The average Bonchev–Trinajstić information content (AvgIpc) is 2.98. The molecule has 23 heavy (non-hydrogen) atoms. The van der Waals surface area contributed by atoms with Crippen molar-refractivity contribution in [2.24, 2.45) is 5.92 Å². The minimum absolute atomic E-state index is 0.292. The van der Waals surface area contributed by atoms with Gasteiger partial charge in [0.25, 0.3) is 0 Å². The van der Waals surface area contributed by atoms with Crippen molar-refractivity contribution in [3.8, 4) is 0 Å². The second kappa shape index (κ2) is 9.78. The van der Waals surface area contributed by atoms with Crippen molar-refractivity contribution < 1.29 is 18.8 Å². The fraction of sp³-hybridized carbons (Fsp3) is 0.562. The standard InChI is InChI=1S/C16H25N3O4/c1-11(7-15-5-4-6-23-15)8-17-9-14(10-20)19-16(22)12(2)18-13(3)21/h4-6,10-12,14,17H,7-9H2,1-3H3,(H,18,21)(H,19,22). The van der Waals surface area contributed by atoms with E-state index in [2.05, 4.69) is 22.9 Å². The van der Waals surface area contributed by atoms with E-state index in [9.17, 15) is 14.4 Å². The first kappa shape index (κ1) is 18.9. The van der Waals surface area contributed by atoms with Gasteiger partial charge in [0.2, 0.25) is 11.8 Å². The van der Waals surface area contributed by atoms with Crippen LogP contribution in [0.3, 0.4) is 0 Å². The highest BCUT2D eigenvalue weighted by Gasteiger charge is 2.18. The van der Waals surface area contributed by atoms with Crippen LogP contribution < -0.4 is 16.0 Å². The van der Waals surface area contributed by atoms with Crippen molar-refractivity contribution in [2.75, 3.05) is 13.1 Å². The molecule has 0 spiro atoms. The quantitative estimate of drug-likeness (QED) is 0.536. The maximum absolute atomic E-state index is 11.8. The molecule has 0 radical (unpaired) electrons. The van der Waals surface area contributed by atoms with Gasteiger partial charge in [-0.15, -0.1) is 0 Å². The number of hydrogen-bond acceptors (Lipinski definition) is 5. The summed E-state index contributed by atoms with van der Waals surface area (Å²) in [5, 5.41) is 8.22. The normalized spacial score (nSPS) is 14.6. The van der Waals surface area contributed by atoms with Gasteiger partial charge in [-0.25, -0.2) is 0 Å². The molecule has 0 aliphatic rings. The largest absolute Gasteiger partial charge is 0.469 e. The number of aldehydes is 1. The molecule has 1 aromatic heterocycles. The molecule has 0 saturated heterocycles. The van der Waals surface area contributed by atoms with Crippen LogP contribution in [0.1, 0.15) is 26.5 Å². The second-order valence-corrected chi connectivity index (χ2v) is 5.72. The van der Waals surface area contributed by atoms with Gasteiger partial charge in [0, 0.05) is 19.9 Å². The van der Waals surface area contributed by atoms with Crippen LogP contribution in [-0.2, 0) is 20.8 Å². The minimum atomic E-state index is -0.673. The molecule has 3 N–H and O–H groups in total. The molecule has 1 rings (SSSR count). The molecule has 1 aromatic rings. The number of carbonyl (C=O) groups is 3. The first-order chi connectivity index (χ1) is 10.9. The van der Waals surface area contributed by atoms with Crippen molar-refractivity contribution >= 4 is 18.1 Å². The monoisotopic (exact) mass is 323 g/mol. The number of nitrogens with one attached hydrogen (secondary N) is 3. The van der Waals surface area contributed by atoms with Gasteiger partial charge < -0.3 is 25.2 Å². The number of hydrogen-bond donors (Lipinski definition) is 3. The molecule has 0 fully saturated rings. The summed E-state index contributed by atoms with van der Waals surface area (Å²) in [5.41, 5.74) is 0. The lowest BCUT2D eigenvalue weighted by atomic mass is 10.1. The molecule has 0 aliphatic carbocycles. The third-order valence-corrected chi connectivity index (χ3v) is 3.29. The van der Waals surface area contributed by atoms with Crippen molar-refractivity contribution in [1.29, 1.82) is 0 Å². The van der Waals surface area contributed by atoms with E-state index in [1.54, 1.807) is 13.2 Å². The molecule has 7 nitrogen and oxygen atoms in total. The Hall–Kier alpha value is -2.15. The molecule has 3 atom stereocenters. The van der Waals surface area contributed by atoms with Crippen molar-refractivity contribution in [2.45, 2.75) is 39.3 Å². The zero-order valence-corrected chi connectivity index (χ0v) is 13.8. The zero-order valence-electron chi connectivity index (χ0n) is 13.8. The Balaban J connectivity index is 2.28. The van der Waals surface area contributed by atoms with Gasteiger partial charge in [-0.2, -0.15) is 0 Å². The Morgan fingerprint density at radius 3 is 2.57 bits per heavy atom. The molecule has 0 bridgehead atoms. The lowest BCUT2D eigenvalue weighted by Crippen LogP contribution is -2.51. The van der Waals surface area contributed by atoms with E-state index in [4.69, 9.17) is 4.42 Å². The fourth-order valence-corrected chi connectivity index (χ4v) is 2.14. The summed E-state index contributed by atoms with van der Waals surface area (Å²) in [6.07, 6.45) is 3.13. The number of furan rings is 1. The van der Waals surface area contributed by atoms with E-state index in [0.717, 1.165) is 12.2 Å². The van der Waals surface area contributed by atoms with Crippen LogP contribution in [0.25, 0.3) is 0 Å². The first-order valence-corrected chi connectivity index (χ1v) is 7.68. The Morgan fingerprint density at radius 2 is 2.00 bits per heavy atom. The fourth-order valence-electron chi connectivity index (χ4n) is 2.14. The van der Waals surface area contributed by atoms with E-state index in [1.165, 1.54) is 6.92 Å². The average molecular weight is 323 g/mol. The third kappa shape index (κ3) is 7.60. The van der Waals surface area contributed by atoms with Crippen LogP contribution in [0.15, 0.2) is 22.8 Å². The van der Waals surface area contributed by atoms with E-state index in [0.29, 0.717) is 25.3 Å². The summed E-state index contributed by atoms with van der Waals surface area (Å²) in [4.78, 5) is 33.8. The number of rotatable bonds is 10. The third-order valence-electron chi connectivity index (χ3n) is 3.29. The number of carbonyl (C=O) groups excluding carboxylic acids is 3. The summed E-state index contributed by atoms with van der Waals surface area (Å²) in [6, 6.07) is 2.47. The Bertz CT molecular complexity index is 501. The molecule has 0 aliphatic heterocycles. The van der Waals surface area contributed by atoms with Crippen LogP contribution >= 0.6 is 0 Å². The molecular formula is C16H25N3O4. The topological polar surface area (TPSA) is 100 Å². The highest BCUT2D eigenvalue weighted by atomic mass is 16.3. The van der Waals surface area contributed by atoms with Gasteiger partial charge in [-0.05, 0) is 31.5 Å². The summed E-state index contributed by atoms with van der Waals surface area (Å²) in [5.74, 6) is 0.578. The van der Waals surface area contributed by atoms with E-state index < -0.39 is 12.1 Å². The first-order valence-electron chi connectivity index (χ1n) is 7.68. The SMILES string of the molecule is CC(=O)NC(C)C(=O)NC(C=O)CNCC(C)Cc1ccco1. The molecule has 0 saturated carbocycles. The predicted molar refractivity (Wildman–Crippen MR) is 85.7 cm³/mol. The van der Waals surface area contributed by atoms with Gasteiger partial charge in [0.1, 0.15) is 18.1 Å². The van der Waals surface area contributed by atoms with Crippen molar-refractivity contribution in [3.63, 3.8) is 0 Å². The lowest BCUT2D eigenvalue weighted by Gasteiger charge is -2.18. The van der Waals surface area contributed by atoms with Crippen molar-refractivity contribution in [3.05, 3.63) is 24.2 Å². The van der Waals surface area contributed by atoms with Crippen LogP contribution in [-0.4, -0.2) is 43.3 Å². The molecule has 0 aromatic carbocycles. The highest BCUT2D eigenvalue weighted by Crippen LogP contribution is 2.07. The minimum Gasteiger partial charge on any atom is -0.469 e.